The third kappa shape index (κ3) is 5.09. The van der Waals surface area contributed by atoms with Crippen molar-refractivity contribution in [2.45, 2.75) is 20.8 Å². The van der Waals surface area contributed by atoms with Crippen LogP contribution in [0.4, 0.5) is 5.69 Å². The summed E-state index contributed by atoms with van der Waals surface area (Å²) in [7, 11) is 2.46. The first kappa shape index (κ1) is 21.0. The number of anilines is 1. The van der Waals surface area contributed by atoms with Gasteiger partial charge in [0.2, 0.25) is 0 Å². The van der Waals surface area contributed by atoms with E-state index in [1.54, 1.807) is 0 Å². The minimum atomic E-state index is -0.636. The lowest BCUT2D eigenvalue weighted by Gasteiger charge is -2.14. The SMILES string of the molecule is COC(=O)c1cc(NC(=O)COc2c(C)cc(C)cc2C)cc(C(=O)OC)c1. The lowest BCUT2D eigenvalue weighted by Crippen LogP contribution is -2.21. The van der Waals surface area contributed by atoms with Crippen LogP contribution in [0.3, 0.4) is 0 Å². The number of carbonyl (C=O) groups excluding carboxylic acids is 3. The van der Waals surface area contributed by atoms with Crippen molar-refractivity contribution in [2.75, 3.05) is 26.1 Å². The molecule has 0 spiro atoms. The van der Waals surface area contributed by atoms with E-state index in [2.05, 4.69) is 14.8 Å². The van der Waals surface area contributed by atoms with Crippen molar-refractivity contribution in [1.82, 2.24) is 0 Å². The summed E-state index contributed by atoms with van der Waals surface area (Å²) in [6, 6.07) is 8.12. The van der Waals surface area contributed by atoms with E-state index in [0.717, 1.165) is 16.7 Å². The zero-order valence-corrected chi connectivity index (χ0v) is 16.5. The van der Waals surface area contributed by atoms with Gasteiger partial charge in [0.05, 0.1) is 25.3 Å². The van der Waals surface area contributed by atoms with E-state index in [1.165, 1.54) is 32.4 Å². The average molecular weight is 385 g/mol. The summed E-state index contributed by atoms with van der Waals surface area (Å²) in [6.07, 6.45) is 0. The first-order valence-corrected chi connectivity index (χ1v) is 8.57. The predicted octanol–water partition coefficient (Wildman–Crippen LogP) is 3.20. The Labute approximate surface area is 163 Å². The van der Waals surface area contributed by atoms with Crippen molar-refractivity contribution < 1.29 is 28.6 Å². The molecule has 7 nitrogen and oxygen atoms in total. The molecule has 1 N–H and O–H groups in total. The number of amides is 1. The molecule has 0 aliphatic heterocycles. The minimum Gasteiger partial charge on any atom is -0.483 e. The quantitative estimate of drug-likeness (QED) is 0.768. The van der Waals surface area contributed by atoms with Gasteiger partial charge in [-0.15, -0.1) is 0 Å². The number of rotatable bonds is 6. The molecular weight excluding hydrogens is 362 g/mol. The Morgan fingerprint density at radius 1 is 0.821 bits per heavy atom. The van der Waals surface area contributed by atoms with Crippen LogP contribution in [0.25, 0.3) is 0 Å². The van der Waals surface area contributed by atoms with Gasteiger partial charge in [-0.05, 0) is 50.1 Å². The van der Waals surface area contributed by atoms with Crippen LogP contribution in [0.5, 0.6) is 5.75 Å². The van der Waals surface area contributed by atoms with Gasteiger partial charge in [-0.1, -0.05) is 17.7 Å². The molecule has 0 aliphatic rings. The Morgan fingerprint density at radius 2 is 1.32 bits per heavy atom. The number of carbonyl (C=O) groups is 3. The molecule has 0 aromatic heterocycles. The van der Waals surface area contributed by atoms with E-state index in [9.17, 15) is 14.4 Å². The van der Waals surface area contributed by atoms with E-state index in [-0.39, 0.29) is 23.4 Å². The summed E-state index contributed by atoms with van der Waals surface area (Å²) in [5.41, 5.74) is 3.48. The Bertz CT molecular complexity index is 862. The molecule has 148 valence electrons. The summed E-state index contributed by atoms with van der Waals surface area (Å²) in [6.45, 7) is 5.59. The second kappa shape index (κ2) is 9.03. The zero-order valence-electron chi connectivity index (χ0n) is 16.5. The fraction of sp³-hybridized carbons (Fsp3) is 0.286. The molecule has 0 atom stereocenters. The molecule has 0 fully saturated rings. The Morgan fingerprint density at radius 3 is 1.79 bits per heavy atom. The molecule has 0 saturated heterocycles. The van der Waals surface area contributed by atoms with Gasteiger partial charge in [0, 0.05) is 5.69 Å². The van der Waals surface area contributed by atoms with Crippen molar-refractivity contribution in [3.05, 3.63) is 58.1 Å². The van der Waals surface area contributed by atoms with E-state index in [0.29, 0.717) is 5.75 Å². The highest BCUT2D eigenvalue weighted by molar-refractivity contribution is 5.99. The fourth-order valence-electron chi connectivity index (χ4n) is 2.90. The normalized spacial score (nSPS) is 10.2. The number of hydrogen-bond acceptors (Lipinski definition) is 6. The summed E-state index contributed by atoms with van der Waals surface area (Å²) >= 11 is 0. The van der Waals surface area contributed by atoms with E-state index in [4.69, 9.17) is 4.74 Å². The van der Waals surface area contributed by atoms with Crippen LogP contribution in [-0.2, 0) is 14.3 Å². The third-order valence-corrected chi connectivity index (χ3v) is 4.01. The number of aryl methyl sites for hydroxylation is 3. The van der Waals surface area contributed by atoms with Crippen LogP contribution >= 0.6 is 0 Å². The molecule has 1 amide bonds. The average Bonchev–Trinajstić information content (AvgIpc) is 2.65. The summed E-state index contributed by atoms with van der Waals surface area (Å²) < 4.78 is 15.0. The molecular formula is C21H23NO6. The lowest BCUT2D eigenvalue weighted by atomic mass is 10.1. The number of ether oxygens (including phenoxy) is 3. The van der Waals surface area contributed by atoms with E-state index < -0.39 is 17.8 Å². The fourth-order valence-corrected chi connectivity index (χ4v) is 2.90. The highest BCUT2D eigenvalue weighted by atomic mass is 16.5. The van der Waals surface area contributed by atoms with E-state index in [1.807, 2.05) is 32.9 Å². The summed E-state index contributed by atoms with van der Waals surface area (Å²) in [5.74, 6) is -1.05. The summed E-state index contributed by atoms with van der Waals surface area (Å²) in [5, 5.41) is 2.62. The highest BCUT2D eigenvalue weighted by Gasteiger charge is 2.15. The van der Waals surface area contributed by atoms with Crippen molar-refractivity contribution in [1.29, 1.82) is 0 Å². The Hall–Kier alpha value is -3.35. The number of benzene rings is 2. The van der Waals surface area contributed by atoms with Gasteiger partial charge in [0.25, 0.3) is 5.91 Å². The third-order valence-electron chi connectivity index (χ3n) is 4.01. The maximum Gasteiger partial charge on any atom is 0.337 e. The van der Waals surface area contributed by atoms with Crippen LogP contribution in [0.15, 0.2) is 30.3 Å². The molecule has 0 radical (unpaired) electrons. The van der Waals surface area contributed by atoms with Crippen molar-refractivity contribution in [3.63, 3.8) is 0 Å². The molecule has 0 aliphatic carbocycles. The smallest absolute Gasteiger partial charge is 0.337 e. The van der Waals surface area contributed by atoms with Crippen molar-refractivity contribution in [2.24, 2.45) is 0 Å². The number of methoxy groups -OCH3 is 2. The second-order valence-electron chi connectivity index (χ2n) is 6.35. The van der Waals surface area contributed by atoms with Gasteiger partial charge in [-0.3, -0.25) is 4.79 Å². The highest BCUT2D eigenvalue weighted by Crippen LogP contribution is 2.24. The van der Waals surface area contributed by atoms with Crippen LogP contribution in [0.2, 0.25) is 0 Å². The standard InChI is InChI=1S/C21H23NO6/c1-12-6-13(2)19(14(3)7-12)28-11-18(23)22-17-9-15(20(24)26-4)8-16(10-17)21(25)27-5/h6-10H,11H2,1-5H3,(H,22,23). The maximum atomic E-state index is 12.3. The monoisotopic (exact) mass is 385 g/mol. The first-order chi connectivity index (χ1) is 13.2. The Kier molecular flexibility index (Phi) is 6.76. The molecule has 2 rings (SSSR count). The molecule has 2 aromatic rings. The maximum absolute atomic E-state index is 12.3. The van der Waals surface area contributed by atoms with Gasteiger partial charge >= 0.3 is 11.9 Å². The predicted molar refractivity (Wildman–Crippen MR) is 104 cm³/mol. The van der Waals surface area contributed by atoms with Crippen LogP contribution in [0.1, 0.15) is 37.4 Å². The van der Waals surface area contributed by atoms with Crippen LogP contribution in [0, 0.1) is 20.8 Å². The van der Waals surface area contributed by atoms with Crippen LogP contribution < -0.4 is 10.1 Å². The van der Waals surface area contributed by atoms with Gasteiger partial charge in [-0.25, -0.2) is 9.59 Å². The first-order valence-electron chi connectivity index (χ1n) is 8.57. The number of nitrogens with one attached hydrogen (secondary N) is 1. The number of hydrogen-bond donors (Lipinski definition) is 1. The molecule has 0 bridgehead atoms. The lowest BCUT2D eigenvalue weighted by molar-refractivity contribution is -0.118. The van der Waals surface area contributed by atoms with Crippen molar-refractivity contribution >= 4 is 23.5 Å². The second-order valence-corrected chi connectivity index (χ2v) is 6.35. The zero-order chi connectivity index (χ0) is 20.8. The summed E-state index contributed by atoms with van der Waals surface area (Å²) in [4.78, 5) is 35.9. The molecule has 28 heavy (non-hydrogen) atoms. The molecule has 0 unspecified atom stereocenters. The van der Waals surface area contributed by atoms with Gasteiger partial charge in [-0.2, -0.15) is 0 Å². The largest absolute Gasteiger partial charge is 0.483 e. The molecule has 2 aromatic carbocycles. The van der Waals surface area contributed by atoms with E-state index >= 15 is 0 Å². The van der Waals surface area contributed by atoms with Crippen molar-refractivity contribution in [3.8, 4) is 5.75 Å². The van der Waals surface area contributed by atoms with Gasteiger partial charge in [0.15, 0.2) is 6.61 Å². The molecule has 0 heterocycles. The van der Waals surface area contributed by atoms with Gasteiger partial charge < -0.3 is 19.5 Å². The minimum absolute atomic E-state index is 0.117. The molecule has 0 saturated carbocycles. The van der Waals surface area contributed by atoms with Gasteiger partial charge in [0.1, 0.15) is 5.75 Å². The number of esters is 2. The van der Waals surface area contributed by atoms with Crippen LogP contribution in [-0.4, -0.2) is 38.7 Å². The topological polar surface area (TPSA) is 90.9 Å². The molecule has 7 heteroatoms. The Balaban J connectivity index is 2.17.